The highest BCUT2D eigenvalue weighted by Crippen LogP contribution is 2.44. The van der Waals surface area contributed by atoms with Gasteiger partial charge in [0, 0.05) is 6.54 Å². The Hall–Kier alpha value is -2.21. The number of anilines is 2. The molecule has 2 aliphatic heterocycles. The van der Waals surface area contributed by atoms with E-state index in [0.29, 0.717) is 30.3 Å². The first-order valence-electron chi connectivity index (χ1n) is 7.67. The lowest BCUT2D eigenvalue weighted by molar-refractivity contribution is 0.307. The number of sulfonamides is 1. The summed E-state index contributed by atoms with van der Waals surface area (Å²) in [6.45, 7) is 4.51. The predicted molar refractivity (Wildman–Crippen MR) is 89.9 cm³/mol. The van der Waals surface area contributed by atoms with Crippen LogP contribution in [0.15, 0.2) is 47.4 Å². The molecule has 0 saturated carbocycles. The largest absolute Gasteiger partial charge is 0.489 e. The van der Waals surface area contributed by atoms with E-state index in [1.54, 1.807) is 12.1 Å². The summed E-state index contributed by atoms with van der Waals surface area (Å²) in [5.41, 5.74) is 2.63. The van der Waals surface area contributed by atoms with Crippen LogP contribution in [0.2, 0.25) is 0 Å². The molecule has 4 rings (SSSR count). The molecule has 23 heavy (non-hydrogen) atoms. The van der Waals surface area contributed by atoms with E-state index in [0.717, 1.165) is 23.5 Å². The Morgan fingerprint density at radius 3 is 2.57 bits per heavy atom. The highest BCUT2D eigenvalue weighted by Gasteiger charge is 2.35. The van der Waals surface area contributed by atoms with E-state index in [1.165, 1.54) is 4.31 Å². The number of benzene rings is 2. The molecule has 2 heterocycles. The molecule has 2 aromatic carbocycles. The van der Waals surface area contributed by atoms with Crippen LogP contribution in [0.4, 0.5) is 11.4 Å². The zero-order chi connectivity index (χ0) is 16.0. The van der Waals surface area contributed by atoms with Crippen molar-refractivity contribution in [2.75, 3.05) is 35.4 Å². The molecule has 0 atom stereocenters. The summed E-state index contributed by atoms with van der Waals surface area (Å²) in [7, 11) is -3.57. The van der Waals surface area contributed by atoms with Gasteiger partial charge in [0.25, 0.3) is 10.0 Å². The van der Waals surface area contributed by atoms with Crippen LogP contribution in [0.25, 0.3) is 0 Å². The lowest BCUT2D eigenvalue weighted by Gasteiger charge is -2.41. The topological polar surface area (TPSA) is 49.9 Å². The van der Waals surface area contributed by atoms with Crippen molar-refractivity contribution in [2.45, 2.75) is 11.8 Å². The molecule has 0 bridgehead atoms. The molecule has 0 aromatic heterocycles. The van der Waals surface area contributed by atoms with Crippen molar-refractivity contribution in [2.24, 2.45) is 0 Å². The van der Waals surface area contributed by atoms with Gasteiger partial charge in [-0.05, 0) is 31.2 Å². The van der Waals surface area contributed by atoms with Gasteiger partial charge in [0.1, 0.15) is 18.0 Å². The van der Waals surface area contributed by atoms with Crippen LogP contribution in [0.3, 0.4) is 0 Å². The second-order valence-corrected chi connectivity index (χ2v) is 7.71. The molecule has 6 heteroatoms. The molecule has 2 aromatic rings. The van der Waals surface area contributed by atoms with Crippen molar-refractivity contribution in [3.8, 4) is 5.75 Å². The third-order valence-corrected chi connectivity index (χ3v) is 6.19. The van der Waals surface area contributed by atoms with Crippen LogP contribution in [0, 0.1) is 6.92 Å². The maximum atomic E-state index is 13.1. The van der Waals surface area contributed by atoms with E-state index in [-0.39, 0.29) is 0 Å². The van der Waals surface area contributed by atoms with Crippen LogP contribution >= 0.6 is 0 Å². The summed E-state index contributed by atoms with van der Waals surface area (Å²) < 4.78 is 33.3. The number of rotatable bonds is 2. The number of para-hydroxylation sites is 1. The average Bonchev–Trinajstić information content (AvgIpc) is 2.56. The van der Waals surface area contributed by atoms with E-state index in [4.69, 9.17) is 4.74 Å². The zero-order valence-corrected chi connectivity index (χ0v) is 13.7. The summed E-state index contributed by atoms with van der Waals surface area (Å²) in [5, 5.41) is 0. The molecule has 5 nitrogen and oxygen atoms in total. The van der Waals surface area contributed by atoms with E-state index in [9.17, 15) is 8.42 Å². The number of hydrogen-bond acceptors (Lipinski definition) is 4. The minimum absolute atomic E-state index is 0.325. The van der Waals surface area contributed by atoms with Crippen LogP contribution in [0.5, 0.6) is 5.75 Å². The first-order chi connectivity index (χ1) is 11.1. The van der Waals surface area contributed by atoms with Crippen LogP contribution in [0.1, 0.15) is 5.56 Å². The molecule has 0 saturated heterocycles. The van der Waals surface area contributed by atoms with Gasteiger partial charge >= 0.3 is 0 Å². The highest BCUT2D eigenvalue weighted by atomic mass is 32.2. The fourth-order valence-electron chi connectivity index (χ4n) is 3.17. The molecule has 0 amide bonds. The normalized spacial score (nSPS) is 16.7. The van der Waals surface area contributed by atoms with Gasteiger partial charge in [-0.15, -0.1) is 0 Å². The lowest BCUT2D eigenvalue weighted by atomic mass is 10.1. The van der Waals surface area contributed by atoms with Crippen LogP contribution in [-0.4, -0.2) is 34.7 Å². The molecule has 0 unspecified atom stereocenters. The number of hydrogen-bond donors (Lipinski definition) is 0. The molecule has 0 spiro atoms. The Bertz CT molecular complexity index is 847. The minimum atomic E-state index is -3.57. The third-order valence-electron chi connectivity index (χ3n) is 4.36. The standard InChI is InChI=1S/C17H18N2O3S/c1-13-5-7-14(8-6-13)23(20,21)19-10-9-18-11-12-22-16-4-2-3-15(19)17(16)18/h2-8H,9-12H2,1H3. The maximum Gasteiger partial charge on any atom is 0.264 e. The van der Waals surface area contributed by atoms with Crippen molar-refractivity contribution in [1.82, 2.24) is 0 Å². The van der Waals surface area contributed by atoms with Gasteiger partial charge in [-0.1, -0.05) is 23.8 Å². The number of nitrogens with zero attached hydrogens (tertiary/aromatic N) is 2. The Labute approximate surface area is 136 Å². The van der Waals surface area contributed by atoms with Crippen LogP contribution in [-0.2, 0) is 10.0 Å². The molecular formula is C17H18N2O3S. The third kappa shape index (κ3) is 2.25. The first kappa shape index (κ1) is 14.4. The predicted octanol–water partition coefficient (Wildman–Crippen LogP) is 2.40. The Balaban J connectivity index is 1.83. The summed E-state index contributed by atoms with van der Waals surface area (Å²) in [5.74, 6) is 0.762. The number of ether oxygens (including phenoxy) is 1. The molecule has 0 N–H and O–H groups in total. The van der Waals surface area contributed by atoms with Crippen LogP contribution < -0.4 is 13.9 Å². The van der Waals surface area contributed by atoms with Crippen molar-refractivity contribution in [1.29, 1.82) is 0 Å². The fraction of sp³-hybridized carbons (Fsp3) is 0.294. The summed E-state index contributed by atoms with van der Waals surface area (Å²) in [4.78, 5) is 2.53. The quantitative estimate of drug-likeness (QED) is 0.848. The monoisotopic (exact) mass is 330 g/mol. The maximum absolute atomic E-state index is 13.1. The van der Waals surface area contributed by atoms with Crippen molar-refractivity contribution in [3.05, 3.63) is 48.0 Å². The van der Waals surface area contributed by atoms with Crippen molar-refractivity contribution >= 4 is 21.4 Å². The fourth-order valence-corrected chi connectivity index (χ4v) is 4.63. The van der Waals surface area contributed by atoms with E-state index in [1.807, 2.05) is 37.3 Å². The Morgan fingerprint density at radius 1 is 1.00 bits per heavy atom. The van der Waals surface area contributed by atoms with Crippen molar-refractivity contribution < 1.29 is 13.2 Å². The molecule has 0 fully saturated rings. The van der Waals surface area contributed by atoms with Gasteiger partial charge in [-0.2, -0.15) is 0 Å². The second kappa shape index (κ2) is 5.16. The first-order valence-corrected chi connectivity index (χ1v) is 9.11. The SMILES string of the molecule is Cc1ccc(S(=O)(=O)N2CCN3CCOc4cccc2c43)cc1. The summed E-state index contributed by atoms with van der Waals surface area (Å²) >= 11 is 0. The molecule has 120 valence electrons. The van der Waals surface area contributed by atoms with E-state index in [2.05, 4.69) is 4.90 Å². The Kier molecular flexibility index (Phi) is 3.23. The summed E-state index contributed by atoms with van der Waals surface area (Å²) in [6, 6.07) is 12.6. The van der Waals surface area contributed by atoms with Gasteiger partial charge in [0.05, 0.1) is 23.7 Å². The summed E-state index contributed by atoms with van der Waals surface area (Å²) in [6.07, 6.45) is 0. The molecule has 0 radical (unpaired) electrons. The smallest absolute Gasteiger partial charge is 0.264 e. The number of aryl methyl sites for hydroxylation is 1. The Morgan fingerprint density at radius 2 is 1.78 bits per heavy atom. The van der Waals surface area contributed by atoms with Gasteiger partial charge in [0.15, 0.2) is 0 Å². The van der Waals surface area contributed by atoms with Gasteiger partial charge < -0.3 is 9.64 Å². The highest BCUT2D eigenvalue weighted by molar-refractivity contribution is 7.92. The zero-order valence-electron chi connectivity index (χ0n) is 12.9. The minimum Gasteiger partial charge on any atom is -0.489 e. The van der Waals surface area contributed by atoms with Gasteiger partial charge in [-0.3, -0.25) is 4.31 Å². The molecular weight excluding hydrogens is 312 g/mol. The lowest BCUT2D eigenvalue weighted by Crippen LogP contribution is -2.46. The van der Waals surface area contributed by atoms with Gasteiger partial charge in [0.2, 0.25) is 0 Å². The van der Waals surface area contributed by atoms with Gasteiger partial charge in [-0.25, -0.2) is 8.42 Å². The van der Waals surface area contributed by atoms with E-state index >= 15 is 0 Å². The van der Waals surface area contributed by atoms with Crippen molar-refractivity contribution in [3.63, 3.8) is 0 Å². The average molecular weight is 330 g/mol. The second-order valence-electron chi connectivity index (χ2n) is 5.85. The van der Waals surface area contributed by atoms with E-state index < -0.39 is 10.0 Å². The molecule has 2 aliphatic rings. The molecule has 0 aliphatic carbocycles.